The first-order chi connectivity index (χ1) is 10.2. The van der Waals surface area contributed by atoms with Crippen molar-refractivity contribution in [2.45, 2.75) is 45.3 Å². The van der Waals surface area contributed by atoms with Gasteiger partial charge in [-0.1, -0.05) is 0 Å². The van der Waals surface area contributed by atoms with Crippen molar-refractivity contribution in [2.24, 2.45) is 0 Å². The highest BCUT2D eigenvalue weighted by atomic mass is 16.5. The number of hydrogen-bond acceptors (Lipinski definition) is 6. The number of nitrogens with zero attached hydrogens (tertiary/aromatic N) is 2. The number of aromatic nitrogens is 2. The van der Waals surface area contributed by atoms with Gasteiger partial charge in [-0.25, -0.2) is 4.98 Å². The summed E-state index contributed by atoms with van der Waals surface area (Å²) in [4.78, 5) is 8.49. The van der Waals surface area contributed by atoms with Gasteiger partial charge in [0.1, 0.15) is 0 Å². The lowest BCUT2D eigenvalue weighted by atomic mass is 10.1. The lowest BCUT2D eigenvalue weighted by Gasteiger charge is -2.22. The zero-order valence-corrected chi connectivity index (χ0v) is 13.0. The van der Waals surface area contributed by atoms with Crippen molar-refractivity contribution in [3.05, 3.63) is 12.3 Å². The third-order valence-electron chi connectivity index (χ3n) is 3.23. The minimum Gasteiger partial charge on any atom is -0.475 e. The number of piperidine rings is 1. The highest BCUT2D eigenvalue weighted by Gasteiger charge is 2.12. The fraction of sp³-hybridized carbons (Fsp3) is 0.733. The lowest BCUT2D eigenvalue weighted by molar-refractivity contribution is 0.0329. The van der Waals surface area contributed by atoms with E-state index in [1.54, 1.807) is 12.3 Å². The van der Waals surface area contributed by atoms with E-state index < -0.39 is 0 Å². The van der Waals surface area contributed by atoms with E-state index in [1.165, 1.54) is 0 Å². The number of ether oxygens (including phenoxy) is 2. The van der Waals surface area contributed by atoms with Crippen LogP contribution in [0.2, 0.25) is 0 Å². The average Bonchev–Trinajstić information content (AvgIpc) is 2.48. The smallest absolute Gasteiger partial charge is 0.225 e. The number of rotatable bonds is 8. The van der Waals surface area contributed by atoms with Crippen LogP contribution in [0.15, 0.2) is 12.3 Å². The van der Waals surface area contributed by atoms with Crippen LogP contribution in [0.3, 0.4) is 0 Å². The predicted molar refractivity (Wildman–Crippen MR) is 82.7 cm³/mol. The summed E-state index contributed by atoms with van der Waals surface area (Å²) in [5.74, 6) is 1.21. The minimum atomic E-state index is 0.117. The van der Waals surface area contributed by atoms with Crippen molar-refractivity contribution in [3.8, 4) is 5.88 Å². The monoisotopic (exact) mass is 294 g/mol. The maximum Gasteiger partial charge on any atom is 0.225 e. The maximum absolute atomic E-state index is 5.85. The van der Waals surface area contributed by atoms with E-state index in [9.17, 15) is 0 Å². The molecule has 118 valence electrons. The van der Waals surface area contributed by atoms with E-state index in [4.69, 9.17) is 9.47 Å². The zero-order valence-electron chi connectivity index (χ0n) is 13.0. The van der Waals surface area contributed by atoms with Gasteiger partial charge in [0.25, 0.3) is 0 Å². The van der Waals surface area contributed by atoms with Crippen molar-refractivity contribution >= 4 is 5.95 Å². The first kappa shape index (κ1) is 16.0. The normalized spacial score (nSPS) is 16.1. The molecule has 0 aliphatic carbocycles. The van der Waals surface area contributed by atoms with Crippen LogP contribution in [-0.4, -0.2) is 48.4 Å². The highest BCUT2D eigenvalue weighted by molar-refractivity contribution is 5.27. The Bertz CT molecular complexity index is 408. The van der Waals surface area contributed by atoms with Gasteiger partial charge in [-0.15, -0.1) is 0 Å². The molecule has 0 aromatic carbocycles. The van der Waals surface area contributed by atoms with E-state index in [2.05, 4.69) is 20.6 Å². The Morgan fingerprint density at radius 1 is 1.38 bits per heavy atom. The second-order valence-electron chi connectivity index (χ2n) is 5.49. The summed E-state index contributed by atoms with van der Waals surface area (Å²) in [7, 11) is 0. The Morgan fingerprint density at radius 3 is 2.95 bits per heavy atom. The molecule has 2 heterocycles. The molecule has 0 amide bonds. The number of hydrogen-bond donors (Lipinski definition) is 2. The second-order valence-corrected chi connectivity index (χ2v) is 5.49. The van der Waals surface area contributed by atoms with E-state index >= 15 is 0 Å². The molecule has 0 atom stereocenters. The molecule has 1 saturated heterocycles. The molecule has 0 unspecified atom stereocenters. The standard InChI is InChI=1S/C15H26N4O2/c1-12(2)21-14-6-10-18-15(19-14)17-7-3-11-20-13-4-8-16-9-5-13/h6,10,12-13,16H,3-5,7-9,11H2,1-2H3,(H,17,18,19). The fourth-order valence-electron chi connectivity index (χ4n) is 2.22. The molecule has 0 radical (unpaired) electrons. The third-order valence-corrected chi connectivity index (χ3v) is 3.23. The van der Waals surface area contributed by atoms with Gasteiger partial charge in [0.2, 0.25) is 11.8 Å². The first-order valence-electron chi connectivity index (χ1n) is 7.80. The SMILES string of the molecule is CC(C)Oc1ccnc(NCCCOC2CCNCC2)n1. The molecular weight excluding hydrogens is 268 g/mol. The van der Waals surface area contributed by atoms with E-state index in [-0.39, 0.29) is 6.10 Å². The van der Waals surface area contributed by atoms with Crippen LogP contribution in [0, 0.1) is 0 Å². The second kappa shape index (κ2) is 8.79. The molecule has 6 nitrogen and oxygen atoms in total. The summed E-state index contributed by atoms with van der Waals surface area (Å²) in [6.45, 7) is 7.68. The summed E-state index contributed by atoms with van der Waals surface area (Å²) in [6.07, 6.45) is 5.42. The quantitative estimate of drug-likeness (QED) is 0.713. The summed E-state index contributed by atoms with van der Waals surface area (Å²) < 4.78 is 11.4. The number of nitrogens with one attached hydrogen (secondary N) is 2. The van der Waals surface area contributed by atoms with Crippen molar-refractivity contribution in [1.29, 1.82) is 0 Å². The van der Waals surface area contributed by atoms with Crippen LogP contribution in [0.4, 0.5) is 5.95 Å². The van der Waals surface area contributed by atoms with Gasteiger partial charge in [-0.2, -0.15) is 4.98 Å². The third kappa shape index (κ3) is 6.27. The molecule has 0 bridgehead atoms. The Balaban J connectivity index is 1.61. The molecular formula is C15H26N4O2. The molecule has 2 rings (SSSR count). The van der Waals surface area contributed by atoms with E-state index in [1.807, 2.05) is 13.8 Å². The van der Waals surface area contributed by atoms with Gasteiger partial charge in [0.15, 0.2) is 0 Å². The summed E-state index contributed by atoms with van der Waals surface area (Å²) in [5, 5.41) is 6.54. The summed E-state index contributed by atoms with van der Waals surface area (Å²) in [6, 6.07) is 1.77. The molecule has 2 N–H and O–H groups in total. The summed E-state index contributed by atoms with van der Waals surface area (Å²) in [5.41, 5.74) is 0. The minimum absolute atomic E-state index is 0.117. The van der Waals surface area contributed by atoms with Crippen molar-refractivity contribution in [2.75, 3.05) is 31.6 Å². The molecule has 1 aromatic heterocycles. The molecule has 1 fully saturated rings. The van der Waals surface area contributed by atoms with Crippen LogP contribution in [0.1, 0.15) is 33.1 Å². The van der Waals surface area contributed by atoms with Crippen LogP contribution in [0.25, 0.3) is 0 Å². The zero-order chi connectivity index (χ0) is 14.9. The molecule has 1 aliphatic rings. The van der Waals surface area contributed by atoms with E-state index in [0.717, 1.165) is 45.5 Å². The predicted octanol–water partition coefficient (Wildman–Crippen LogP) is 1.83. The number of anilines is 1. The molecule has 0 spiro atoms. The first-order valence-corrected chi connectivity index (χ1v) is 7.80. The highest BCUT2D eigenvalue weighted by Crippen LogP contribution is 2.10. The van der Waals surface area contributed by atoms with Gasteiger partial charge in [-0.3, -0.25) is 0 Å². The van der Waals surface area contributed by atoms with Crippen LogP contribution < -0.4 is 15.4 Å². The van der Waals surface area contributed by atoms with Crippen LogP contribution in [-0.2, 0) is 4.74 Å². The Labute approximate surface area is 126 Å². The van der Waals surface area contributed by atoms with Crippen LogP contribution >= 0.6 is 0 Å². The van der Waals surface area contributed by atoms with Crippen molar-refractivity contribution in [3.63, 3.8) is 0 Å². The largest absolute Gasteiger partial charge is 0.475 e. The molecule has 21 heavy (non-hydrogen) atoms. The fourth-order valence-corrected chi connectivity index (χ4v) is 2.22. The van der Waals surface area contributed by atoms with Gasteiger partial charge < -0.3 is 20.1 Å². The average molecular weight is 294 g/mol. The molecule has 0 saturated carbocycles. The van der Waals surface area contributed by atoms with Gasteiger partial charge in [-0.05, 0) is 46.2 Å². The van der Waals surface area contributed by atoms with Gasteiger partial charge in [0, 0.05) is 25.4 Å². The van der Waals surface area contributed by atoms with Gasteiger partial charge in [0.05, 0.1) is 12.2 Å². The molecule has 1 aliphatic heterocycles. The topological polar surface area (TPSA) is 68.3 Å². The molecule has 6 heteroatoms. The van der Waals surface area contributed by atoms with E-state index in [0.29, 0.717) is 17.9 Å². The van der Waals surface area contributed by atoms with Crippen LogP contribution in [0.5, 0.6) is 5.88 Å². The maximum atomic E-state index is 5.85. The Hall–Kier alpha value is -1.40. The Morgan fingerprint density at radius 2 is 2.19 bits per heavy atom. The van der Waals surface area contributed by atoms with Crippen molar-refractivity contribution in [1.82, 2.24) is 15.3 Å². The Kier molecular flexibility index (Phi) is 6.69. The summed E-state index contributed by atoms with van der Waals surface area (Å²) >= 11 is 0. The molecule has 1 aromatic rings. The van der Waals surface area contributed by atoms with Gasteiger partial charge >= 0.3 is 0 Å². The lowest BCUT2D eigenvalue weighted by Crippen LogP contribution is -2.32. The van der Waals surface area contributed by atoms with Crippen molar-refractivity contribution < 1.29 is 9.47 Å².